The van der Waals surface area contributed by atoms with Crippen molar-refractivity contribution in [3.8, 4) is 0 Å². The van der Waals surface area contributed by atoms with E-state index in [-0.39, 0.29) is 5.41 Å². The Morgan fingerprint density at radius 3 is 2.10 bits per heavy atom. The summed E-state index contributed by atoms with van der Waals surface area (Å²) >= 11 is 0. The molecule has 1 aromatic rings. The molecule has 1 unspecified atom stereocenters. The fourth-order valence-electron chi connectivity index (χ4n) is 2.75. The molecule has 0 aliphatic rings. The first-order valence-corrected chi connectivity index (χ1v) is 8.32. The van der Waals surface area contributed by atoms with Crippen molar-refractivity contribution in [1.29, 1.82) is 0 Å². The van der Waals surface area contributed by atoms with Crippen LogP contribution in [-0.2, 0) is 6.42 Å². The second-order valence-electron chi connectivity index (χ2n) is 7.45. The SMILES string of the molecule is CCN(CC(C)(C)CN)C(C)c1ccc(CC(C)C)cc1. The summed E-state index contributed by atoms with van der Waals surface area (Å²) in [5, 5.41) is 0. The molecular formula is C19H34N2. The van der Waals surface area contributed by atoms with Gasteiger partial charge in [0.1, 0.15) is 0 Å². The molecule has 0 saturated heterocycles. The Labute approximate surface area is 131 Å². The van der Waals surface area contributed by atoms with Crippen LogP contribution in [0.5, 0.6) is 0 Å². The molecule has 0 amide bonds. The Morgan fingerprint density at radius 2 is 1.67 bits per heavy atom. The lowest BCUT2D eigenvalue weighted by Gasteiger charge is -2.35. The minimum absolute atomic E-state index is 0.169. The minimum atomic E-state index is 0.169. The van der Waals surface area contributed by atoms with Gasteiger partial charge in [0.05, 0.1) is 0 Å². The van der Waals surface area contributed by atoms with Crippen molar-refractivity contribution in [3.05, 3.63) is 35.4 Å². The lowest BCUT2D eigenvalue weighted by atomic mass is 9.91. The van der Waals surface area contributed by atoms with Crippen molar-refractivity contribution >= 4 is 0 Å². The predicted molar refractivity (Wildman–Crippen MR) is 93.5 cm³/mol. The predicted octanol–water partition coefficient (Wildman–Crippen LogP) is 4.25. The number of hydrogen-bond donors (Lipinski definition) is 1. The van der Waals surface area contributed by atoms with Crippen LogP contribution < -0.4 is 5.73 Å². The van der Waals surface area contributed by atoms with Crippen molar-refractivity contribution in [3.63, 3.8) is 0 Å². The van der Waals surface area contributed by atoms with Gasteiger partial charge in [-0.15, -0.1) is 0 Å². The van der Waals surface area contributed by atoms with Gasteiger partial charge in [0.2, 0.25) is 0 Å². The number of hydrogen-bond acceptors (Lipinski definition) is 2. The Morgan fingerprint density at radius 1 is 1.10 bits per heavy atom. The molecule has 0 aromatic heterocycles. The number of nitrogens with two attached hydrogens (primary N) is 1. The van der Waals surface area contributed by atoms with E-state index in [1.807, 2.05) is 0 Å². The molecule has 2 N–H and O–H groups in total. The van der Waals surface area contributed by atoms with E-state index in [1.165, 1.54) is 11.1 Å². The molecule has 0 radical (unpaired) electrons. The van der Waals surface area contributed by atoms with E-state index < -0.39 is 0 Å². The largest absolute Gasteiger partial charge is 0.330 e. The molecule has 0 heterocycles. The van der Waals surface area contributed by atoms with Gasteiger partial charge in [-0.1, -0.05) is 58.9 Å². The van der Waals surface area contributed by atoms with Crippen molar-refractivity contribution < 1.29 is 0 Å². The van der Waals surface area contributed by atoms with Gasteiger partial charge in [-0.05, 0) is 48.9 Å². The Bertz CT molecular complexity index is 406. The molecule has 0 spiro atoms. The third-order valence-electron chi connectivity index (χ3n) is 4.24. The fraction of sp³-hybridized carbons (Fsp3) is 0.684. The number of rotatable bonds is 8. The van der Waals surface area contributed by atoms with Crippen LogP contribution in [0.25, 0.3) is 0 Å². The quantitative estimate of drug-likeness (QED) is 0.775. The molecule has 0 saturated carbocycles. The molecule has 2 heteroatoms. The Balaban J connectivity index is 2.78. The molecule has 1 rings (SSSR count). The maximum Gasteiger partial charge on any atom is 0.0320 e. The first-order chi connectivity index (χ1) is 9.79. The summed E-state index contributed by atoms with van der Waals surface area (Å²) in [6, 6.07) is 9.59. The summed E-state index contributed by atoms with van der Waals surface area (Å²) < 4.78 is 0. The Hall–Kier alpha value is -0.860. The molecule has 0 bridgehead atoms. The van der Waals surface area contributed by atoms with Crippen LogP contribution >= 0.6 is 0 Å². The van der Waals surface area contributed by atoms with Gasteiger partial charge in [-0.25, -0.2) is 0 Å². The van der Waals surface area contributed by atoms with Gasteiger partial charge in [-0.2, -0.15) is 0 Å². The van der Waals surface area contributed by atoms with Gasteiger partial charge in [-0.3, -0.25) is 4.90 Å². The second kappa shape index (κ2) is 7.95. The molecule has 21 heavy (non-hydrogen) atoms. The molecule has 0 fully saturated rings. The normalized spacial score (nSPS) is 14.0. The molecule has 120 valence electrons. The van der Waals surface area contributed by atoms with E-state index in [2.05, 4.69) is 70.7 Å². The summed E-state index contributed by atoms with van der Waals surface area (Å²) in [4.78, 5) is 2.52. The van der Waals surface area contributed by atoms with Crippen molar-refractivity contribution in [2.24, 2.45) is 17.1 Å². The molecular weight excluding hydrogens is 256 g/mol. The summed E-state index contributed by atoms with van der Waals surface area (Å²) in [6.07, 6.45) is 1.16. The lowest BCUT2D eigenvalue weighted by molar-refractivity contribution is 0.148. The van der Waals surface area contributed by atoms with E-state index in [1.54, 1.807) is 0 Å². The minimum Gasteiger partial charge on any atom is -0.330 e. The second-order valence-corrected chi connectivity index (χ2v) is 7.45. The first-order valence-electron chi connectivity index (χ1n) is 8.32. The van der Waals surface area contributed by atoms with Gasteiger partial charge >= 0.3 is 0 Å². The van der Waals surface area contributed by atoms with Gasteiger partial charge in [0.15, 0.2) is 0 Å². The molecule has 1 aromatic carbocycles. The third kappa shape index (κ3) is 5.80. The average Bonchev–Trinajstić information content (AvgIpc) is 2.44. The zero-order valence-electron chi connectivity index (χ0n) is 14.8. The van der Waals surface area contributed by atoms with Crippen molar-refractivity contribution in [2.75, 3.05) is 19.6 Å². The zero-order chi connectivity index (χ0) is 16.0. The van der Waals surface area contributed by atoms with Gasteiger partial charge in [0, 0.05) is 12.6 Å². The molecule has 0 aliphatic carbocycles. The van der Waals surface area contributed by atoms with E-state index >= 15 is 0 Å². The Kier molecular flexibility index (Phi) is 6.89. The van der Waals surface area contributed by atoms with E-state index in [0.29, 0.717) is 12.0 Å². The van der Waals surface area contributed by atoms with Crippen LogP contribution in [-0.4, -0.2) is 24.5 Å². The maximum atomic E-state index is 5.89. The maximum absolute atomic E-state index is 5.89. The van der Waals surface area contributed by atoms with E-state index in [4.69, 9.17) is 5.73 Å². The number of benzene rings is 1. The highest BCUT2D eigenvalue weighted by atomic mass is 15.2. The molecule has 2 nitrogen and oxygen atoms in total. The van der Waals surface area contributed by atoms with Crippen LogP contribution in [0.1, 0.15) is 58.7 Å². The fourth-order valence-corrected chi connectivity index (χ4v) is 2.75. The van der Waals surface area contributed by atoms with Gasteiger partial charge in [0.25, 0.3) is 0 Å². The topological polar surface area (TPSA) is 29.3 Å². The summed E-state index contributed by atoms with van der Waals surface area (Å²) in [6.45, 7) is 16.4. The van der Waals surface area contributed by atoms with E-state index in [0.717, 1.165) is 26.1 Å². The summed E-state index contributed by atoms with van der Waals surface area (Å²) in [5.74, 6) is 0.714. The smallest absolute Gasteiger partial charge is 0.0320 e. The van der Waals surface area contributed by atoms with Crippen LogP contribution in [0.2, 0.25) is 0 Å². The molecule has 0 aliphatic heterocycles. The van der Waals surface area contributed by atoms with Crippen LogP contribution in [0, 0.1) is 11.3 Å². The van der Waals surface area contributed by atoms with Crippen LogP contribution in [0.15, 0.2) is 24.3 Å². The monoisotopic (exact) mass is 290 g/mol. The van der Waals surface area contributed by atoms with Crippen molar-refractivity contribution in [2.45, 2.75) is 54.0 Å². The van der Waals surface area contributed by atoms with E-state index in [9.17, 15) is 0 Å². The number of nitrogens with zero attached hydrogens (tertiary/aromatic N) is 1. The standard InChI is InChI=1S/C19H34N2/c1-7-21(14-19(5,6)13-20)16(4)18-10-8-17(9-11-18)12-15(2)3/h8-11,15-16H,7,12-14,20H2,1-6H3. The third-order valence-corrected chi connectivity index (χ3v) is 4.24. The van der Waals surface area contributed by atoms with Gasteiger partial charge < -0.3 is 5.73 Å². The van der Waals surface area contributed by atoms with Crippen LogP contribution in [0.4, 0.5) is 0 Å². The summed E-state index contributed by atoms with van der Waals surface area (Å²) in [5.41, 5.74) is 8.89. The van der Waals surface area contributed by atoms with Crippen molar-refractivity contribution in [1.82, 2.24) is 4.90 Å². The summed E-state index contributed by atoms with van der Waals surface area (Å²) in [7, 11) is 0. The zero-order valence-corrected chi connectivity index (χ0v) is 14.8. The highest BCUT2D eigenvalue weighted by Crippen LogP contribution is 2.25. The highest BCUT2D eigenvalue weighted by Gasteiger charge is 2.23. The average molecular weight is 290 g/mol. The first kappa shape index (κ1) is 18.2. The highest BCUT2D eigenvalue weighted by molar-refractivity contribution is 5.25. The molecule has 1 atom stereocenters. The lowest BCUT2D eigenvalue weighted by Crippen LogP contribution is -2.39. The van der Waals surface area contributed by atoms with Crippen LogP contribution in [0.3, 0.4) is 0 Å².